The van der Waals surface area contributed by atoms with Crippen molar-refractivity contribution in [3.63, 3.8) is 0 Å². The van der Waals surface area contributed by atoms with E-state index < -0.39 is 0 Å². The van der Waals surface area contributed by atoms with Crippen molar-refractivity contribution in [3.05, 3.63) is 61.3 Å². The Bertz CT molecular complexity index is 942. The number of hydrogen-bond acceptors (Lipinski definition) is 4. The third kappa shape index (κ3) is 3.60. The van der Waals surface area contributed by atoms with Gasteiger partial charge in [0.25, 0.3) is 11.5 Å². The van der Waals surface area contributed by atoms with Crippen LogP contribution in [0.5, 0.6) is 0 Å². The molecule has 1 amide bonds. The van der Waals surface area contributed by atoms with Crippen molar-refractivity contribution < 1.29 is 4.79 Å². The molecular weight excluding hydrogens is 400 g/mol. The SMILES string of the molecule is Cn1cc(N2CCC(NC(=O)c3ccccc3Br)CC2)c(=O)n(C)c1=O. The van der Waals surface area contributed by atoms with Gasteiger partial charge in [0.2, 0.25) is 0 Å². The zero-order valence-corrected chi connectivity index (χ0v) is 16.3. The van der Waals surface area contributed by atoms with E-state index in [1.807, 2.05) is 23.1 Å². The van der Waals surface area contributed by atoms with E-state index in [9.17, 15) is 14.4 Å². The van der Waals surface area contributed by atoms with E-state index in [-0.39, 0.29) is 23.2 Å². The number of hydrogen-bond donors (Lipinski definition) is 1. The van der Waals surface area contributed by atoms with E-state index in [0.717, 1.165) is 21.9 Å². The van der Waals surface area contributed by atoms with Gasteiger partial charge < -0.3 is 14.8 Å². The predicted molar refractivity (Wildman–Crippen MR) is 104 cm³/mol. The normalized spacial score (nSPS) is 15.1. The van der Waals surface area contributed by atoms with Crippen molar-refractivity contribution in [3.8, 4) is 0 Å². The Morgan fingerprint density at radius 3 is 2.46 bits per heavy atom. The van der Waals surface area contributed by atoms with Crippen LogP contribution in [-0.2, 0) is 14.1 Å². The molecular formula is C18H21BrN4O3. The van der Waals surface area contributed by atoms with Crippen molar-refractivity contribution in [1.82, 2.24) is 14.5 Å². The summed E-state index contributed by atoms with van der Waals surface area (Å²) in [5, 5.41) is 3.06. The van der Waals surface area contributed by atoms with Crippen molar-refractivity contribution in [2.24, 2.45) is 14.1 Å². The number of benzene rings is 1. The van der Waals surface area contributed by atoms with Crippen LogP contribution in [0, 0.1) is 0 Å². The predicted octanol–water partition coefficient (Wildman–Crippen LogP) is 1.25. The lowest BCUT2D eigenvalue weighted by molar-refractivity contribution is 0.0930. The quantitative estimate of drug-likeness (QED) is 0.810. The second-order valence-electron chi connectivity index (χ2n) is 6.49. The topological polar surface area (TPSA) is 76.3 Å². The van der Waals surface area contributed by atoms with Crippen LogP contribution in [0.15, 0.2) is 44.5 Å². The lowest BCUT2D eigenvalue weighted by Gasteiger charge is -2.33. The molecule has 3 rings (SSSR count). The summed E-state index contributed by atoms with van der Waals surface area (Å²) in [4.78, 5) is 38.6. The number of carbonyl (C=O) groups excluding carboxylic acids is 1. The first kappa shape index (κ1) is 18.4. The number of nitrogens with zero attached hydrogens (tertiary/aromatic N) is 3. The third-order valence-electron chi connectivity index (χ3n) is 4.72. The summed E-state index contributed by atoms with van der Waals surface area (Å²) < 4.78 is 3.30. The highest BCUT2D eigenvalue weighted by Gasteiger charge is 2.24. The van der Waals surface area contributed by atoms with Crippen molar-refractivity contribution in [2.45, 2.75) is 18.9 Å². The minimum absolute atomic E-state index is 0.0576. The monoisotopic (exact) mass is 420 g/mol. The minimum Gasteiger partial charge on any atom is -0.366 e. The molecule has 26 heavy (non-hydrogen) atoms. The fraction of sp³-hybridized carbons (Fsp3) is 0.389. The van der Waals surface area contributed by atoms with Crippen molar-refractivity contribution in [2.75, 3.05) is 18.0 Å². The first-order valence-electron chi connectivity index (χ1n) is 8.45. The molecule has 2 heterocycles. The van der Waals surface area contributed by atoms with Gasteiger partial charge in [-0.3, -0.25) is 14.2 Å². The van der Waals surface area contributed by atoms with E-state index in [4.69, 9.17) is 0 Å². The lowest BCUT2D eigenvalue weighted by atomic mass is 10.0. The standard InChI is InChI=1S/C18H21BrN4O3/c1-21-11-15(17(25)22(2)18(21)26)23-9-7-12(8-10-23)20-16(24)13-5-3-4-6-14(13)19/h3-6,11-12H,7-10H2,1-2H3,(H,20,24). The summed E-state index contributed by atoms with van der Waals surface area (Å²) in [6, 6.07) is 7.38. The maximum Gasteiger partial charge on any atom is 0.330 e. The number of rotatable bonds is 3. The number of aromatic nitrogens is 2. The molecule has 0 saturated carbocycles. The number of halogens is 1. The molecule has 8 heteroatoms. The van der Waals surface area contributed by atoms with Crippen molar-refractivity contribution in [1.29, 1.82) is 0 Å². The molecule has 0 spiro atoms. The number of carbonyl (C=O) groups is 1. The van der Waals surface area contributed by atoms with Gasteiger partial charge in [0.1, 0.15) is 5.69 Å². The van der Waals surface area contributed by atoms with E-state index in [2.05, 4.69) is 21.2 Å². The fourth-order valence-electron chi connectivity index (χ4n) is 3.18. The van der Waals surface area contributed by atoms with Crippen molar-refractivity contribution >= 4 is 27.5 Å². The molecule has 0 unspecified atom stereocenters. The second-order valence-corrected chi connectivity index (χ2v) is 7.34. The zero-order valence-electron chi connectivity index (χ0n) is 14.7. The summed E-state index contributed by atoms with van der Waals surface area (Å²) in [7, 11) is 3.12. The molecule has 0 atom stereocenters. The van der Waals surface area contributed by atoms with Crippen LogP contribution in [0.1, 0.15) is 23.2 Å². The Kier molecular flexibility index (Phi) is 5.31. The fourth-order valence-corrected chi connectivity index (χ4v) is 3.64. The third-order valence-corrected chi connectivity index (χ3v) is 5.41. The highest BCUT2D eigenvalue weighted by molar-refractivity contribution is 9.10. The lowest BCUT2D eigenvalue weighted by Crippen LogP contribution is -2.47. The molecule has 1 aromatic heterocycles. The molecule has 0 bridgehead atoms. The summed E-state index contributed by atoms with van der Waals surface area (Å²) in [6.45, 7) is 1.29. The molecule has 7 nitrogen and oxygen atoms in total. The highest BCUT2D eigenvalue weighted by Crippen LogP contribution is 2.19. The maximum atomic E-state index is 12.4. The van der Waals surface area contributed by atoms with Gasteiger partial charge in [-0.1, -0.05) is 12.1 Å². The maximum absolute atomic E-state index is 12.4. The molecule has 0 radical (unpaired) electrons. The van der Waals surface area contributed by atoms with Gasteiger partial charge in [0.05, 0.1) is 5.56 Å². The van der Waals surface area contributed by atoms with Gasteiger partial charge in [0, 0.05) is 43.9 Å². The smallest absolute Gasteiger partial charge is 0.330 e. The van der Waals surface area contributed by atoms with E-state index in [1.54, 1.807) is 19.3 Å². The van der Waals surface area contributed by atoms with E-state index >= 15 is 0 Å². The number of nitrogens with one attached hydrogen (secondary N) is 1. The summed E-state index contributed by atoms with van der Waals surface area (Å²) in [5.74, 6) is -0.103. The number of piperidine rings is 1. The van der Waals surface area contributed by atoms with E-state index in [1.165, 1.54) is 11.6 Å². The van der Waals surface area contributed by atoms with Crippen LogP contribution in [0.25, 0.3) is 0 Å². The Labute approximate surface area is 159 Å². The molecule has 1 saturated heterocycles. The molecule has 1 aromatic carbocycles. The van der Waals surface area contributed by atoms with Gasteiger partial charge in [-0.2, -0.15) is 0 Å². The van der Waals surface area contributed by atoms with Crippen LogP contribution in [0.4, 0.5) is 5.69 Å². The Morgan fingerprint density at radius 1 is 1.15 bits per heavy atom. The number of amides is 1. The van der Waals surface area contributed by atoms with Crippen LogP contribution < -0.4 is 21.5 Å². The largest absolute Gasteiger partial charge is 0.366 e. The summed E-state index contributed by atoms with van der Waals surface area (Å²) in [5.41, 5.74) is 0.505. The highest BCUT2D eigenvalue weighted by atomic mass is 79.9. The Hall–Kier alpha value is -2.35. The van der Waals surface area contributed by atoms with E-state index in [0.29, 0.717) is 24.3 Å². The Morgan fingerprint density at radius 2 is 1.81 bits per heavy atom. The molecule has 0 aliphatic carbocycles. The van der Waals surface area contributed by atoms with Crippen LogP contribution in [0.3, 0.4) is 0 Å². The molecule has 1 aliphatic heterocycles. The molecule has 138 valence electrons. The van der Waals surface area contributed by atoms with Gasteiger partial charge >= 0.3 is 5.69 Å². The van der Waals surface area contributed by atoms with Crippen LogP contribution in [-0.4, -0.2) is 34.2 Å². The molecule has 2 aromatic rings. The minimum atomic E-state index is -0.339. The molecule has 1 N–H and O–H groups in total. The van der Waals surface area contributed by atoms with Crippen LogP contribution >= 0.6 is 15.9 Å². The zero-order chi connectivity index (χ0) is 18.8. The average Bonchev–Trinajstić information content (AvgIpc) is 2.64. The second kappa shape index (κ2) is 7.49. The molecule has 1 aliphatic rings. The van der Waals surface area contributed by atoms with Gasteiger partial charge in [-0.05, 0) is 40.9 Å². The average molecular weight is 421 g/mol. The number of anilines is 1. The molecule has 1 fully saturated rings. The summed E-state index contributed by atoms with van der Waals surface area (Å²) in [6.07, 6.45) is 3.06. The first-order valence-corrected chi connectivity index (χ1v) is 9.25. The Balaban J connectivity index is 1.67. The van der Waals surface area contributed by atoms with Gasteiger partial charge in [-0.15, -0.1) is 0 Å². The van der Waals surface area contributed by atoms with Crippen LogP contribution in [0.2, 0.25) is 0 Å². The number of aryl methyl sites for hydroxylation is 1. The van der Waals surface area contributed by atoms with Gasteiger partial charge in [0.15, 0.2) is 0 Å². The first-order chi connectivity index (χ1) is 12.4. The summed E-state index contributed by atoms with van der Waals surface area (Å²) >= 11 is 3.40. The van der Waals surface area contributed by atoms with Gasteiger partial charge in [-0.25, -0.2) is 4.79 Å².